The number of nitrogens with zero attached hydrogens (tertiary/aromatic N) is 3. The van der Waals surface area contributed by atoms with Gasteiger partial charge in [-0.25, -0.2) is 13.4 Å². The standard InChI is InChI=1S/C18H23N3O3S2/c1-18(2)13-14-5-3-6-15(16(14)24-18)26(22,23)21-9-4-8-20(10-11-21)17-19-7-12-25-17/h3,5-7,12H,4,8-11,13H2,1-2H3. The van der Waals surface area contributed by atoms with E-state index in [1.54, 1.807) is 27.9 Å². The molecule has 0 amide bonds. The lowest BCUT2D eigenvalue weighted by Crippen LogP contribution is -2.35. The molecule has 0 bridgehead atoms. The summed E-state index contributed by atoms with van der Waals surface area (Å²) in [6, 6.07) is 5.44. The number of benzene rings is 1. The number of sulfonamides is 1. The highest BCUT2D eigenvalue weighted by molar-refractivity contribution is 7.89. The SMILES string of the molecule is CC1(C)Cc2cccc(S(=O)(=O)N3CCCN(c4nccs4)CC3)c2O1. The van der Waals surface area contributed by atoms with Crippen molar-refractivity contribution in [2.75, 3.05) is 31.1 Å². The third-order valence-electron chi connectivity index (χ3n) is 4.82. The van der Waals surface area contributed by atoms with Crippen LogP contribution in [-0.4, -0.2) is 49.5 Å². The number of hydrogen-bond donors (Lipinski definition) is 0. The molecule has 0 unspecified atom stereocenters. The highest BCUT2D eigenvalue weighted by atomic mass is 32.2. The molecule has 1 saturated heterocycles. The van der Waals surface area contributed by atoms with E-state index in [1.807, 2.05) is 31.4 Å². The van der Waals surface area contributed by atoms with Gasteiger partial charge in [0.1, 0.15) is 16.2 Å². The zero-order valence-corrected chi connectivity index (χ0v) is 16.6. The van der Waals surface area contributed by atoms with Gasteiger partial charge in [-0.05, 0) is 31.9 Å². The molecule has 1 aromatic carbocycles. The van der Waals surface area contributed by atoms with Gasteiger partial charge in [0.15, 0.2) is 5.13 Å². The molecule has 0 spiro atoms. The molecule has 140 valence electrons. The molecule has 0 atom stereocenters. The number of thiazole rings is 1. The molecule has 4 rings (SSSR count). The topological polar surface area (TPSA) is 62.7 Å². The van der Waals surface area contributed by atoms with E-state index in [2.05, 4.69) is 9.88 Å². The summed E-state index contributed by atoms with van der Waals surface area (Å²) >= 11 is 1.59. The summed E-state index contributed by atoms with van der Waals surface area (Å²) in [7, 11) is -3.59. The van der Waals surface area contributed by atoms with Gasteiger partial charge in [-0.2, -0.15) is 4.31 Å². The third-order valence-corrected chi connectivity index (χ3v) is 7.57. The first-order valence-corrected chi connectivity index (χ1v) is 11.1. The molecule has 2 aliphatic rings. The van der Waals surface area contributed by atoms with Crippen LogP contribution in [0.2, 0.25) is 0 Å². The minimum absolute atomic E-state index is 0.295. The van der Waals surface area contributed by atoms with E-state index in [9.17, 15) is 8.42 Å². The maximum Gasteiger partial charge on any atom is 0.246 e. The van der Waals surface area contributed by atoms with Crippen LogP contribution < -0.4 is 9.64 Å². The molecule has 2 aromatic rings. The molecule has 26 heavy (non-hydrogen) atoms. The predicted octanol–water partition coefficient (Wildman–Crippen LogP) is 2.76. The van der Waals surface area contributed by atoms with Crippen LogP contribution in [0.4, 0.5) is 5.13 Å². The molecule has 8 heteroatoms. The van der Waals surface area contributed by atoms with Gasteiger partial charge in [-0.1, -0.05) is 12.1 Å². The Hall–Kier alpha value is -1.64. The summed E-state index contributed by atoms with van der Waals surface area (Å²) in [4.78, 5) is 6.80. The highest BCUT2D eigenvalue weighted by Gasteiger charge is 2.37. The van der Waals surface area contributed by atoms with Crippen LogP contribution in [0.5, 0.6) is 5.75 Å². The van der Waals surface area contributed by atoms with Gasteiger partial charge in [0.2, 0.25) is 10.0 Å². The van der Waals surface area contributed by atoms with E-state index in [1.165, 1.54) is 0 Å². The van der Waals surface area contributed by atoms with E-state index >= 15 is 0 Å². The van der Waals surface area contributed by atoms with E-state index < -0.39 is 10.0 Å². The highest BCUT2D eigenvalue weighted by Crippen LogP contribution is 2.40. The van der Waals surface area contributed by atoms with Crippen LogP contribution >= 0.6 is 11.3 Å². The van der Waals surface area contributed by atoms with Crippen LogP contribution in [0.1, 0.15) is 25.8 Å². The third kappa shape index (κ3) is 3.21. The Morgan fingerprint density at radius 3 is 2.81 bits per heavy atom. The predicted molar refractivity (Wildman–Crippen MR) is 103 cm³/mol. The lowest BCUT2D eigenvalue weighted by molar-refractivity contribution is 0.135. The van der Waals surface area contributed by atoms with Crippen LogP contribution in [0.15, 0.2) is 34.7 Å². The zero-order chi connectivity index (χ0) is 18.4. The molecule has 0 radical (unpaired) electrons. The minimum atomic E-state index is -3.59. The van der Waals surface area contributed by atoms with E-state index in [0.29, 0.717) is 30.3 Å². The summed E-state index contributed by atoms with van der Waals surface area (Å²) in [6.07, 6.45) is 3.29. The van der Waals surface area contributed by atoms with Crippen LogP contribution in [0.3, 0.4) is 0 Å². The van der Waals surface area contributed by atoms with Gasteiger partial charge in [0, 0.05) is 44.2 Å². The smallest absolute Gasteiger partial charge is 0.246 e. The van der Waals surface area contributed by atoms with Gasteiger partial charge in [-0.3, -0.25) is 0 Å². The zero-order valence-electron chi connectivity index (χ0n) is 15.0. The Morgan fingerprint density at radius 2 is 2.04 bits per heavy atom. The van der Waals surface area contributed by atoms with Crippen molar-refractivity contribution in [3.05, 3.63) is 35.3 Å². The summed E-state index contributed by atoms with van der Waals surface area (Å²) in [5.41, 5.74) is 0.601. The second-order valence-electron chi connectivity index (χ2n) is 7.34. The van der Waals surface area contributed by atoms with E-state index in [0.717, 1.165) is 30.1 Å². The van der Waals surface area contributed by atoms with Gasteiger partial charge in [0.25, 0.3) is 0 Å². The van der Waals surface area contributed by atoms with Crippen molar-refractivity contribution < 1.29 is 13.2 Å². The lowest BCUT2D eigenvalue weighted by atomic mass is 10.0. The van der Waals surface area contributed by atoms with Crippen molar-refractivity contribution in [1.29, 1.82) is 0 Å². The second-order valence-corrected chi connectivity index (χ2v) is 10.1. The summed E-state index contributed by atoms with van der Waals surface area (Å²) in [5.74, 6) is 0.526. The van der Waals surface area contributed by atoms with Crippen molar-refractivity contribution in [2.45, 2.75) is 37.2 Å². The number of para-hydroxylation sites is 1. The Bertz CT molecular complexity index is 894. The Kier molecular flexibility index (Phi) is 4.45. The largest absolute Gasteiger partial charge is 0.486 e. The number of hydrogen-bond acceptors (Lipinski definition) is 6. The average molecular weight is 394 g/mol. The molecule has 0 aliphatic carbocycles. The van der Waals surface area contributed by atoms with Crippen molar-refractivity contribution in [3.8, 4) is 5.75 Å². The molecule has 1 fully saturated rings. The first-order valence-electron chi connectivity index (χ1n) is 8.82. The summed E-state index contributed by atoms with van der Waals surface area (Å²) in [5, 5.41) is 2.90. The number of anilines is 1. The maximum absolute atomic E-state index is 13.3. The van der Waals surface area contributed by atoms with Crippen LogP contribution in [-0.2, 0) is 16.4 Å². The first kappa shape index (κ1) is 17.8. The molecule has 6 nitrogen and oxygen atoms in total. The van der Waals surface area contributed by atoms with Crippen LogP contribution in [0, 0.1) is 0 Å². The van der Waals surface area contributed by atoms with E-state index in [-0.39, 0.29) is 5.60 Å². The van der Waals surface area contributed by atoms with Gasteiger partial charge < -0.3 is 9.64 Å². The number of aromatic nitrogens is 1. The Balaban J connectivity index is 1.59. The monoisotopic (exact) mass is 393 g/mol. The van der Waals surface area contributed by atoms with Gasteiger partial charge in [-0.15, -0.1) is 11.3 Å². The number of fused-ring (bicyclic) bond motifs is 1. The molecule has 0 N–H and O–H groups in total. The normalized spacial score (nSPS) is 20.5. The lowest BCUT2D eigenvalue weighted by Gasteiger charge is -2.23. The summed E-state index contributed by atoms with van der Waals surface area (Å²) < 4.78 is 34.2. The fourth-order valence-corrected chi connectivity index (χ4v) is 5.95. The number of rotatable bonds is 3. The molecular formula is C18H23N3O3S2. The molecule has 3 heterocycles. The number of ether oxygens (including phenoxy) is 1. The Labute approximate surface area is 158 Å². The maximum atomic E-state index is 13.3. The first-order chi connectivity index (χ1) is 12.4. The van der Waals surface area contributed by atoms with E-state index in [4.69, 9.17) is 4.74 Å². The quantitative estimate of drug-likeness (QED) is 0.802. The van der Waals surface area contributed by atoms with Crippen molar-refractivity contribution in [1.82, 2.24) is 9.29 Å². The van der Waals surface area contributed by atoms with Crippen LogP contribution in [0.25, 0.3) is 0 Å². The second kappa shape index (κ2) is 6.51. The Morgan fingerprint density at radius 1 is 1.19 bits per heavy atom. The van der Waals surface area contributed by atoms with Crippen molar-refractivity contribution >= 4 is 26.5 Å². The van der Waals surface area contributed by atoms with Crippen molar-refractivity contribution in [3.63, 3.8) is 0 Å². The minimum Gasteiger partial charge on any atom is -0.486 e. The average Bonchev–Trinajstić information content (AvgIpc) is 3.13. The van der Waals surface area contributed by atoms with Crippen molar-refractivity contribution in [2.24, 2.45) is 0 Å². The van der Waals surface area contributed by atoms with Gasteiger partial charge in [0.05, 0.1) is 0 Å². The molecular weight excluding hydrogens is 370 g/mol. The van der Waals surface area contributed by atoms with Gasteiger partial charge >= 0.3 is 0 Å². The molecule has 1 aromatic heterocycles. The summed E-state index contributed by atoms with van der Waals surface area (Å²) in [6.45, 7) is 6.40. The molecule has 2 aliphatic heterocycles. The molecule has 0 saturated carbocycles. The fourth-order valence-electron chi connectivity index (χ4n) is 3.63. The fraction of sp³-hybridized carbons (Fsp3) is 0.500.